The summed E-state index contributed by atoms with van der Waals surface area (Å²) in [5.74, 6) is -3.87. The third-order valence-electron chi connectivity index (χ3n) is 6.75. The maximum absolute atomic E-state index is 12.2. The van der Waals surface area contributed by atoms with Crippen LogP contribution < -0.4 is 0 Å². The highest BCUT2D eigenvalue weighted by molar-refractivity contribution is 6.06. The summed E-state index contributed by atoms with van der Waals surface area (Å²) in [5, 5.41) is 29.5. The van der Waals surface area contributed by atoms with Crippen molar-refractivity contribution >= 4 is 17.9 Å². The second-order valence-electron chi connectivity index (χ2n) is 9.68. The van der Waals surface area contributed by atoms with Crippen LogP contribution in [0.1, 0.15) is 159 Å². The molecule has 6 nitrogen and oxygen atoms in total. The van der Waals surface area contributed by atoms with Gasteiger partial charge in [-0.1, -0.05) is 104 Å². The van der Waals surface area contributed by atoms with Crippen molar-refractivity contribution in [2.24, 2.45) is 0 Å². The molecule has 35 heavy (non-hydrogen) atoms. The maximum atomic E-state index is 12.2. The number of carboxylic acids is 3. The molecule has 0 unspecified atom stereocenters. The number of carboxylic acid groups (broad SMARTS) is 3. The second-order valence-corrected chi connectivity index (χ2v) is 9.68. The number of hydrogen-bond donors (Lipinski definition) is 3. The minimum atomic E-state index is -1.38. The van der Waals surface area contributed by atoms with E-state index in [0.717, 1.165) is 44.9 Å². The Balaban J connectivity index is 2.96. The Labute approximate surface area is 211 Å². The predicted octanol–water partition coefficient (Wildman–Crippen LogP) is 8.15. The zero-order chi connectivity index (χ0) is 26.1. The Hall–Kier alpha value is -2.37. The van der Waals surface area contributed by atoms with Gasteiger partial charge in [0.2, 0.25) is 0 Å². The zero-order valence-electron chi connectivity index (χ0n) is 21.9. The number of rotatable bonds is 21. The summed E-state index contributed by atoms with van der Waals surface area (Å²) in [6.45, 7) is 4.36. The Morgan fingerprint density at radius 1 is 0.543 bits per heavy atom. The van der Waals surface area contributed by atoms with Gasteiger partial charge in [0.25, 0.3) is 0 Å². The largest absolute Gasteiger partial charge is 0.478 e. The van der Waals surface area contributed by atoms with E-state index in [1.807, 2.05) is 0 Å². The van der Waals surface area contributed by atoms with Gasteiger partial charge >= 0.3 is 17.9 Å². The van der Waals surface area contributed by atoms with Crippen molar-refractivity contribution in [3.8, 4) is 0 Å². The van der Waals surface area contributed by atoms with Crippen LogP contribution in [0.4, 0.5) is 0 Å². The fourth-order valence-corrected chi connectivity index (χ4v) is 4.81. The molecule has 0 bridgehead atoms. The van der Waals surface area contributed by atoms with E-state index in [9.17, 15) is 29.7 Å². The van der Waals surface area contributed by atoms with E-state index < -0.39 is 17.9 Å². The Kier molecular flexibility index (Phi) is 15.7. The molecule has 3 N–H and O–H groups in total. The lowest BCUT2D eigenvalue weighted by Crippen LogP contribution is -2.18. The second kappa shape index (κ2) is 18.0. The molecular weight excluding hydrogens is 444 g/mol. The van der Waals surface area contributed by atoms with Crippen LogP contribution in [0, 0.1) is 0 Å². The minimum absolute atomic E-state index is 0.00158. The first-order chi connectivity index (χ1) is 16.8. The SMILES string of the molecule is CCCCCCCCCCc1cc(C(=O)O)c(C(=O)O)c(CCCCCCCCCC)c1C(=O)O. The van der Waals surface area contributed by atoms with Crippen molar-refractivity contribution < 1.29 is 29.7 Å². The molecule has 0 aromatic heterocycles. The van der Waals surface area contributed by atoms with Gasteiger partial charge in [-0.2, -0.15) is 0 Å². The van der Waals surface area contributed by atoms with Crippen LogP contribution in [0.15, 0.2) is 6.07 Å². The van der Waals surface area contributed by atoms with Gasteiger partial charge in [-0.15, -0.1) is 0 Å². The predicted molar refractivity (Wildman–Crippen MR) is 140 cm³/mol. The van der Waals surface area contributed by atoms with E-state index in [0.29, 0.717) is 18.4 Å². The zero-order valence-corrected chi connectivity index (χ0v) is 21.9. The molecule has 198 valence electrons. The lowest BCUT2D eigenvalue weighted by Gasteiger charge is -2.17. The van der Waals surface area contributed by atoms with E-state index in [4.69, 9.17) is 0 Å². The van der Waals surface area contributed by atoms with Crippen LogP contribution in [0.5, 0.6) is 0 Å². The molecule has 0 saturated carbocycles. The van der Waals surface area contributed by atoms with Gasteiger partial charge in [0.05, 0.1) is 16.7 Å². The molecule has 6 heteroatoms. The summed E-state index contributed by atoms with van der Waals surface area (Å²) < 4.78 is 0. The summed E-state index contributed by atoms with van der Waals surface area (Å²) in [7, 11) is 0. The topological polar surface area (TPSA) is 112 Å². The standard InChI is InChI=1S/C29H46O6/c1-3-5-7-9-11-13-15-17-19-22-21-24(27(30)31)26(29(34)35)23(25(22)28(32)33)20-18-16-14-12-10-8-6-4-2/h21H,3-20H2,1-2H3,(H,30,31)(H,32,33)(H,34,35). The highest BCUT2D eigenvalue weighted by atomic mass is 16.4. The molecule has 0 aliphatic carbocycles. The number of hydrogen-bond acceptors (Lipinski definition) is 3. The Morgan fingerprint density at radius 2 is 0.943 bits per heavy atom. The Morgan fingerprint density at radius 3 is 1.34 bits per heavy atom. The molecule has 0 atom stereocenters. The van der Waals surface area contributed by atoms with E-state index in [2.05, 4.69) is 13.8 Å². The lowest BCUT2D eigenvalue weighted by molar-refractivity contribution is 0.0647. The molecule has 1 rings (SSSR count). The van der Waals surface area contributed by atoms with Gasteiger partial charge in [-0.3, -0.25) is 0 Å². The summed E-state index contributed by atoms with van der Waals surface area (Å²) in [6.07, 6.45) is 18.0. The molecule has 0 fully saturated rings. The molecule has 0 heterocycles. The number of aromatic carboxylic acids is 3. The molecule has 0 amide bonds. The summed E-state index contributed by atoms with van der Waals surface area (Å²) >= 11 is 0. The van der Waals surface area contributed by atoms with Crippen molar-refractivity contribution in [1.82, 2.24) is 0 Å². The molecule has 0 radical (unpaired) electrons. The van der Waals surface area contributed by atoms with E-state index in [1.165, 1.54) is 57.4 Å². The van der Waals surface area contributed by atoms with Crippen molar-refractivity contribution in [3.05, 3.63) is 33.9 Å². The monoisotopic (exact) mass is 490 g/mol. The molecule has 1 aromatic carbocycles. The normalized spacial score (nSPS) is 11.0. The summed E-state index contributed by atoms with van der Waals surface area (Å²) in [5.41, 5.74) is -0.0478. The third kappa shape index (κ3) is 11.3. The molecule has 0 aliphatic heterocycles. The van der Waals surface area contributed by atoms with Gasteiger partial charge in [0.15, 0.2) is 0 Å². The smallest absolute Gasteiger partial charge is 0.336 e. The molecule has 1 aromatic rings. The fourth-order valence-electron chi connectivity index (χ4n) is 4.81. The average molecular weight is 491 g/mol. The fraction of sp³-hybridized carbons (Fsp3) is 0.690. The number of unbranched alkanes of at least 4 members (excludes halogenated alkanes) is 14. The third-order valence-corrected chi connectivity index (χ3v) is 6.75. The minimum Gasteiger partial charge on any atom is -0.478 e. The van der Waals surface area contributed by atoms with Crippen molar-refractivity contribution in [2.75, 3.05) is 0 Å². The highest BCUT2D eigenvalue weighted by Gasteiger charge is 2.28. The van der Waals surface area contributed by atoms with Gasteiger partial charge in [-0.25, -0.2) is 14.4 Å². The van der Waals surface area contributed by atoms with Crippen LogP contribution in [-0.4, -0.2) is 33.2 Å². The van der Waals surface area contributed by atoms with Gasteiger partial charge in [0, 0.05) is 0 Å². The molecular formula is C29H46O6. The van der Waals surface area contributed by atoms with E-state index >= 15 is 0 Å². The molecule has 0 saturated heterocycles. The van der Waals surface area contributed by atoms with Crippen molar-refractivity contribution in [2.45, 2.75) is 129 Å². The van der Waals surface area contributed by atoms with Crippen LogP contribution in [0.2, 0.25) is 0 Å². The van der Waals surface area contributed by atoms with Gasteiger partial charge < -0.3 is 15.3 Å². The van der Waals surface area contributed by atoms with Gasteiger partial charge in [-0.05, 0) is 42.9 Å². The van der Waals surface area contributed by atoms with Crippen LogP contribution in [-0.2, 0) is 12.8 Å². The van der Waals surface area contributed by atoms with Crippen molar-refractivity contribution in [1.29, 1.82) is 0 Å². The lowest BCUT2D eigenvalue weighted by atomic mass is 9.86. The van der Waals surface area contributed by atoms with Crippen LogP contribution in [0.3, 0.4) is 0 Å². The molecule has 0 spiro atoms. The quantitative estimate of drug-likeness (QED) is 0.150. The first-order valence-corrected chi connectivity index (χ1v) is 13.7. The number of carbonyl (C=O) groups is 3. The molecule has 0 aliphatic rings. The number of aryl methyl sites for hydroxylation is 1. The average Bonchev–Trinajstić information content (AvgIpc) is 2.81. The van der Waals surface area contributed by atoms with Crippen LogP contribution in [0.25, 0.3) is 0 Å². The first-order valence-electron chi connectivity index (χ1n) is 13.7. The number of benzene rings is 1. The first kappa shape index (κ1) is 30.7. The van der Waals surface area contributed by atoms with E-state index in [-0.39, 0.29) is 28.7 Å². The van der Waals surface area contributed by atoms with Gasteiger partial charge in [0.1, 0.15) is 0 Å². The summed E-state index contributed by atoms with van der Waals surface area (Å²) in [4.78, 5) is 36.2. The van der Waals surface area contributed by atoms with E-state index in [1.54, 1.807) is 0 Å². The highest BCUT2D eigenvalue weighted by Crippen LogP contribution is 2.28. The van der Waals surface area contributed by atoms with Crippen LogP contribution >= 0.6 is 0 Å². The maximum Gasteiger partial charge on any atom is 0.336 e. The Bertz CT molecular complexity index is 799. The summed E-state index contributed by atoms with van der Waals surface area (Å²) in [6, 6.07) is 1.29. The van der Waals surface area contributed by atoms with Crippen molar-refractivity contribution in [3.63, 3.8) is 0 Å².